The Hall–Kier alpha value is -2.99. The van der Waals surface area contributed by atoms with Crippen molar-refractivity contribution >= 4 is 28.3 Å². The minimum absolute atomic E-state index is 0.170. The number of fused-ring (bicyclic) bond motifs is 1. The van der Waals surface area contributed by atoms with E-state index in [0.717, 1.165) is 48.5 Å². The Morgan fingerprint density at radius 3 is 2.59 bits per heavy atom. The maximum atomic E-state index is 12.8. The molecule has 1 amide bonds. The number of nitrogens with one attached hydrogen (secondary N) is 1. The zero-order valence-corrected chi connectivity index (χ0v) is 17.2. The number of aromatic nitrogens is 2. The van der Waals surface area contributed by atoms with E-state index in [9.17, 15) is 4.79 Å². The highest BCUT2D eigenvalue weighted by Crippen LogP contribution is 2.21. The Kier molecular flexibility index (Phi) is 5.45. The molecule has 1 fully saturated rings. The monoisotopic (exact) mass is 389 g/mol. The average Bonchev–Trinajstić information content (AvgIpc) is 2.74. The van der Waals surface area contributed by atoms with Crippen LogP contribution in [-0.4, -0.2) is 53.0 Å². The van der Waals surface area contributed by atoms with Crippen LogP contribution in [0.4, 0.5) is 11.6 Å². The van der Waals surface area contributed by atoms with Crippen LogP contribution < -0.4 is 10.2 Å². The summed E-state index contributed by atoms with van der Waals surface area (Å²) in [7, 11) is 0. The maximum absolute atomic E-state index is 12.8. The van der Waals surface area contributed by atoms with Gasteiger partial charge in [-0.05, 0) is 44.4 Å². The average molecular weight is 390 g/mol. The quantitative estimate of drug-likeness (QED) is 0.737. The number of carbonyl (C=O) groups is 1. The summed E-state index contributed by atoms with van der Waals surface area (Å²) in [5.41, 5.74) is 1.49. The smallest absolute Gasteiger partial charge is 0.257 e. The number of amides is 1. The normalized spacial score (nSPS) is 15.1. The van der Waals surface area contributed by atoms with Gasteiger partial charge in [-0.2, -0.15) is 0 Å². The van der Waals surface area contributed by atoms with Crippen molar-refractivity contribution in [3.63, 3.8) is 0 Å². The molecule has 2 aromatic heterocycles. The molecule has 1 aliphatic rings. The number of rotatable bonds is 4. The van der Waals surface area contributed by atoms with E-state index in [1.165, 1.54) is 0 Å². The van der Waals surface area contributed by atoms with Crippen LogP contribution in [0.2, 0.25) is 0 Å². The fourth-order valence-corrected chi connectivity index (χ4v) is 3.83. The van der Waals surface area contributed by atoms with E-state index in [2.05, 4.69) is 38.9 Å². The Bertz CT molecular complexity index is 1020. The van der Waals surface area contributed by atoms with Gasteiger partial charge >= 0.3 is 0 Å². The third-order valence-electron chi connectivity index (χ3n) is 5.55. The van der Waals surface area contributed by atoms with Crippen molar-refractivity contribution in [3.8, 4) is 0 Å². The van der Waals surface area contributed by atoms with Crippen molar-refractivity contribution < 1.29 is 4.79 Å². The number of benzene rings is 1. The van der Waals surface area contributed by atoms with Crippen LogP contribution in [0.1, 0.15) is 29.9 Å². The lowest BCUT2D eigenvalue weighted by Crippen LogP contribution is -2.49. The molecule has 0 spiro atoms. The molecular weight excluding hydrogens is 362 g/mol. The number of carbonyl (C=O) groups excluding carboxylic acids is 1. The van der Waals surface area contributed by atoms with Gasteiger partial charge in [0.25, 0.3) is 5.91 Å². The molecule has 4 rings (SSSR count). The first-order valence-corrected chi connectivity index (χ1v) is 10.1. The van der Waals surface area contributed by atoms with Gasteiger partial charge in [0.1, 0.15) is 11.6 Å². The van der Waals surface area contributed by atoms with Crippen molar-refractivity contribution in [2.75, 3.05) is 36.4 Å². The van der Waals surface area contributed by atoms with Crippen LogP contribution in [0.25, 0.3) is 10.8 Å². The lowest BCUT2D eigenvalue weighted by atomic mass is 10.1. The summed E-state index contributed by atoms with van der Waals surface area (Å²) >= 11 is 0. The first kappa shape index (κ1) is 19.3. The molecule has 150 valence electrons. The number of pyridine rings is 2. The zero-order valence-electron chi connectivity index (χ0n) is 17.2. The molecule has 0 atom stereocenters. The van der Waals surface area contributed by atoms with E-state index in [1.54, 1.807) is 12.3 Å². The van der Waals surface area contributed by atoms with Crippen molar-refractivity contribution in [1.82, 2.24) is 14.9 Å². The van der Waals surface area contributed by atoms with Gasteiger partial charge in [-0.15, -0.1) is 0 Å². The van der Waals surface area contributed by atoms with Gasteiger partial charge < -0.3 is 10.2 Å². The molecule has 1 aromatic carbocycles. The molecule has 1 saturated heterocycles. The van der Waals surface area contributed by atoms with Crippen LogP contribution in [0.15, 0.2) is 48.7 Å². The fourth-order valence-electron chi connectivity index (χ4n) is 3.83. The van der Waals surface area contributed by atoms with Crippen molar-refractivity contribution in [2.24, 2.45) is 0 Å². The van der Waals surface area contributed by atoms with Gasteiger partial charge in [-0.3, -0.25) is 9.69 Å². The van der Waals surface area contributed by atoms with E-state index in [4.69, 9.17) is 0 Å². The van der Waals surface area contributed by atoms with E-state index in [0.29, 0.717) is 17.4 Å². The van der Waals surface area contributed by atoms with Gasteiger partial charge in [0.15, 0.2) is 0 Å². The summed E-state index contributed by atoms with van der Waals surface area (Å²) in [5, 5.41) is 5.10. The molecule has 0 radical (unpaired) electrons. The van der Waals surface area contributed by atoms with E-state index >= 15 is 0 Å². The maximum Gasteiger partial charge on any atom is 0.257 e. The van der Waals surface area contributed by atoms with Crippen LogP contribution in [0.5, 0.6) is 0 Å². The molecule has 0 saturated carbocycles. The van der Waals surface area contributed by atoms with Gasteiger partial charge in [-0.1, -0.05) is 24.3 Å². The Labute approximate surface area is 171 Å². The Morgan fingerprint density at radius 2 is 1.83 bits per heavy atom. The molecule has 6 heteroatoms. The molecule has 6 nitrogen and oxygen atoms in total. The van der Waals surface area contributed by atoms with Gasteiger partial charge in [0, 0.05) is 55.1 Å². The van der Waals surface area contributed by atoms with Gasteiger partial charge in [0.2, 0.25) is 0 Å². The second-order valence-corrected chi connectivity index (χ2v) is 7.79. The summed E-state index contributed by atoms with van der Waals surface area (Å²) in [6.07, 6.45) is 1.71. The SMILES string of the molecule is Cc1nc(NC(=O)c2ccnc(N3CCN(C(C)C)CC3)c2)cc2ccccc12. The molecular formula is C23H27N5O. The minimum atomic E-state index is -0.170. The number of anilines is 2. The number of aryl methyl sites for hydroxylation is 1. The van der Waals surface area contributed by atoms with Crippen molar-refractivity contribution in [1.29, 1.82) is 0 Å². The molecule has 1 aliphatic heterocycles. The summed E-state index contributed by atoms with van der Waals surface area (Å²) in [6, 6.07) is 14.1. The first-order valence-electron chi connectivity index (χ1n) is 10.1. The van der Waals surface area contributed by atoms with Crippen LogP contribution in [0, 0.1) is 6.92 Å². The third kappa shape index (κ3) is 4.22. The number of hydrogen-bond donors (Lipinski definition) is 1. The van der Waals surface area contributed by atoms with E-state index in [-0.39, 0.29) is 5.91 Å². The predicted molar refractivity (Wildman–Crippen MR) is 118 cm³/mol. The zero-order chi connectivity index (χ0) is 20.4. The van der Waals surface area contributed by atoms with Crippen LogP contribution in [0.3, 0.4) is 0 Å². The predicted octanol–water partition coefficient (Wildman–Crippen LogP) is 3.72. The van der Waals surface area contributed by atoms with Crippen molar-refractivity contribution in [2.45, 2.75) is 26.8 Å². The minimum Gasteiger partial charge on any atom is -0.354 e. The molecule has 3 aromatic rings. The first-order chi connectivity index (χ1) is 14.0. The summed E-state index contributed by atoms with van der Waals surface area (Å²) in [6.45, 7) is 10.3. The second-order valence-electron chi connectivity index (χ2n) is 7.79. The molecule has 0 aliphatic carbocycles. The molecule has 0 bridgehead atoms. The molecule has 0 unspecified atom stereocenters. The number of nitrogens with zero attached hydrogens (tertiary/aromatic N) is 4. The number of piperazine rings is 1. The largest absolute Gasteiger partial charge is 0.354 e. The summed E-state index contributed by atoms with van der Waals surface area (Å²) in [4.78, 5) is 26.6. The lowest BCUT2D eigenvalue weighted by molar-refractivity contribution is 0.102. The van der Waals surface area contributed by atoms with E-state index in [1.807, 2.05) is 43.3 Å². The van der Waals surface area contributed by atoms with Crippen LogP contribution in [-0.2, 0) is 0 Å². The summed E-state index contributed by atoms with van der Waals surface area (Å²) < 4.78 is 0. The molecule has 29 heavy (non-hydrogen) atoms. The lowest BCUT2D eigenvalue weighted by Gasteiger charge is -2.37. The van der Waals surface area contributed by atoms with Gasteiger partial charge in [0.05, 0.1) is 0 Å². The fraction of sp³-hybridized carbons (Fsp3) is 0.348. The second kappa shape index (κ2) is 8.17. The molecule has 3 heterocycles. The van der Waals surface area contributed by atoms with Gasteiger partial charge in [-0.25, -0.2) is 9.97 Å². The summed E-state index contributed by atoms with van der Waals surface area (Å²) in [5.74, 6) is 1.25. The standard InChI is InChI=1S/C23H27N5O/c1-16(2)27-10-12-28(13-11-27)22-15-19(8-9-24-22)23(29)26-21-14-18-6-4-5-7-20(18)17(3)25-21/h4-9,14-16H,10-13H2,1-3H3,(H,25,26,29). The topological polar surface area (TPSA) is 61.4 Å². The molecule has 1 N–H and O–H groups in total. The Balaban J connectivity index is 1.49. The highest BCUT2D eigenvalue weighted by atomic mass is 16.1. The number of hydrogen-bond acceptors (Lipinski definition) is 5. The van der Waals surface area contributed by atoms with E-state index < -0.39 is 0 Å². The highest BCUT2D eigenvalue weighted by Gasteiger charge is 2.20. The highest BCUT2D eigenvalue weighted by molar-refractivity contribution is 6.05. The van der Waals surface area contributed by atoms with Crippen LogP contribution >= 0.6 is 0 Å². The van der Waals surface area contributed by atoms with Crippen molar-refractivity contribution in [3.05, 3.63) is 59.9 Å². The third-order valence-corrected chi connectivity index (χ3v) is 5.55. The Morgan fingerprint density at radius 1 is 1.07 bits per heavy atom.